The zero-order chi connectivity index (χ0) is 14.0. The lowest BCUT2D eigenvalue weighted by molar-refractivity contribution is -0.185. The maximum atomic E-state index is 11.7. The molecule has 0 aromatic heterocycles. The van der Waals surface area contributed by atoms with Crippen LogP contribution in [-0.2, 0) is 28.5 Å². The molecular weight excluding hydrogens is 252 g/mol. The second kappa shape index (κ2) is 5.48. The van der Waals surface area contributed by atoms with Gasteiger partial charge in [-0.05, 0) is 33.8 Å². The number of hydrogen-bond acceptors (Lipinski definition) is 6. The predicted molar refractivity (Wildman–Crippen MR) is 65.0 cm³/mol. The van der Waals surface area contributed by atoms with Crippen molar-refractivity contribution in [2.24, 2.45) is 0 Å². The Kier molecular flexibility index (Phi) is 4.13. The summed E-state index contributed by atoms with van der Waals surface area (Å²) in [6.07, 6.45) is 0.168. The van der Waals surface area contributed by atoms with E-state index >= 15 is 0 Å². The van der Waals surface area contributed by atoms with E-state index in [1.165, 1.54) is 0 Å². The van der Waals surface area contributed by atoms with Gasteiger partial charge >= 0.3 is 5.97 Å². The highest BCUT2D eigenvalue weighted by atomic mass is 16.8. The van der Waals surface area contributed by atoms with Crippen molar-refractivity contribution in [3.05, 3.63) is 11.8 Å². The maximum absolute atomic E-state index is 11.7. The van der Waals surface area contributed by atoms with Gasteiger partial charge in [0, 0.05) is 6.61 Å². The fourth-order valence-corrected chi connectivity index (χ4v) is 2.13. The van der Waals surface area contributed by atoms with E-state index in [1.807, 2.05) is 6.92 Å². The monoisotopic (exact) mass is 272 g/mol. The van der Waals surface area contributed by atoms with Crippen molar-refractivity contribution < 1.29 is 28.5 Å². The molecule has 0 aromatic rings. The molecular formula is C13H20O6. The molecule has 2 aliphatic rings. The van der Waals surface area contributed by atoms with Crippen LogP contribution in [-0.4, -0.2) is 43.5 Å². The minimum absolute atomic E-state index is 0.114. The van der Waals surface area contributed by atoms with Crippen molar-refractivity contribution in [1.82, 2.24) is 0 Å². The highest BCUT2D eigenvalue weighted by Gasteiger charge is 2.50. The van der Waals surface area contributed by atoms with E-state index in [-0.39, 0.29) is 24.6 Å². The third kappa shape index (κ3) is 3.08. The third-order valence-electron chi connectivity index (χ3n) is 2.81. The molecule has 2 heterocycles. The van der Waals surface area contributed by atoms with Crippen molar-refractivity contribution in [3.8, 4) is 0 Å². The summed E-state index contributed by atoms with van der Waals surface area (Å²) in [5.74, 6) is -1.16. The first-order valence-electron chi connectivity index (χ1n) is 6.49. The summed E-state index contributed by atoms with van der Waals surface area (Å²) >= 11 is 0. The molecule has 1 fully saturated rings. The Morgan fingerprint density at radius 1 is 1.32 bits per heavy atom. The Bertz CT molecular complexity index is 375. The van der Waals surface area contributed by atoms with Crippen LogP contribution in [0.15, 0.2) is 11.8 Å². The van der Waals surface area contributed by atoms with Gasteiger partial charge in [0.25, 0.3) is 0 Å². The van der Waals surface area contributed by atoms with Crippen LogP contribution in [0.5, 0.6) is 0 Å². The van der Waals surface area contributed by atoms with E-state index in [9.17, 15) is 4.79 Å². The molecule has 108 valence electrons. The van der Waals surface area contributed by atoms with Crippen LogP contribution in [0.2, 0.25) is 0 Å². The van der Waals surface area contributed by atoms with Gasteiger partial charge < -0.3 is 23.7 Å². The number of carbonyl (C=O) groups is 1. The predicted octanol–water partition coefficient (Wildman–Crippen LogP) is 1.35. The molecule has 0 radical (unpaired) electrons. The molecule has 3 atom stereocenters. The number of fused-ring (bicyclic) bond motifs is 1. The summed E-state index contributed by atoms with van der Waals surface area (Å²) in [5.41, 5.74) is 0. The molecule has 0 aliphatic carbocycles. The van der Waals surface area contributed by atoms with Gasteiger partial charge in [0.1, 0.15) is 6.10 Å². The summed E-state index contributed by atoms with van der Waals surface area (Å²) in [6, 6.07) is 0. The average molecular weight is 272 g/mol. The fourth-order valence-electron chi connectivity index (χ4n) is 2.13. The molecule has 2 aliphatic heterocycles. The number of ether oxygens (including phenoxy) is 5. The lowest BCUT2D eigenvalue weighted by atomic mass is 10.1. The second-order valence-corrected chi connectivity index (χ2v) is 4.76. The van der Waals surface area contributed by atoms with E-state index in [0.717, 1.165) is 0 Å². The standard InChI is InChI=1S/C13H20O6/c1-5-15-8-7-9(11(14)16-6-2)17-12-10(8)18-13(3,4)19-12/h7-8,10,12H,5-6H2,1-4H3/t8-,10+,12+/m0/s1. The summed E-state index contributed by atoms with van der Waals surface area (Å²) in [4.78, 5) is 11.7. The molecule has 19 heavy (non-hydrogen) atoms. The maximum Gasteiger partial charge on any atom is 0.373 e. The van der Waals surface area contributed by atoms with Crippen molar-refractivity contribution in [3.63, 3.8) is 0 Å². The minimum Gasteiger partial charge on any atom is -0.460 e. The Morgan fingerprint density at radius 3 is 2.68 bits per heavy atom. The molecule has 2 rings (SSSR count). The number of rotatable bonds is 4. The normalized spacial score (nSPS) is 32.2. The fraction of sp³-hybridized carbons (Fsp3) is 0.769. The highest BCUT2D eigenvalue weighted by molar-refractivity contribution is 5.86. The van der Waals surface area contributed by atoms with E-state index in [2.05, 4.69) is 0 Å². The van der Waals surface area contributed by atoms with Gasteiger partial charge in [-0.15, -0.1) is 0 Å². The third-order valence-corrected chi connectivity index (χ3v) is 2.81. The second-order valence-electron chi connectivity index (χ2n) is 4.76. The largest absolute Gasteiger partial charge is 0.460 e. The van der Waals surface area contributed by atoms with E-state index in [4.69, 9.17) is 23.7 Å². The van der Waals surface area contributed by atoms with E-state index in [0.29, 0.717) is 6.61 Å². The number of carbonyl (C=O) groups excluding carboxylic acids is 1. The molecule has 6 nitrogen and oxygen atoms in total. The quantitative estimate of drug-likeness (QED) is 0.720. The first kappa shape index (κ1) is 14.3. The molecule has 0 spiro atoms. The Morgan fingerprint density at radius 2 is 2.05 bits per heavy atom. The first-order valence-corrected chi connectivity index (χ1v) is 6.49. The summed E-state index contributed by atoms with van der Waals surface area (Å²) in [6.45, 7) is 8.00. The molecule has 0 N–H and O–H groups in total. The van der Waals surface area contributed by atoms with E-state index in [1.54, 1.807) is 26.8 Å². The van der Waals surface area contributed by atoms with Crippen LogP contribution < -0.4 is 0 Å². The Balaban J connectivity index is 2.17. The van der Waals surface area contributed by atoms with Crippen molar-refractivity contribution in [1.29, 1.82) is 0 Å². The summed E-state index contributed by atoms with van der Waals surface area (Å²) in [7, 11) is 0. The van der Waals surface area contributed by atoms with Crippen LogP contribution in [0.1, 0.15) is 27.7 Å². The molecule has 6 heteroatoms. The summed E-state index contributed by atoms with van der Waals surface area (Å²) < 4.78 is 27.4. The van der Waals surface area contributed by atoms with Gasteiger partial charge in [-0.3, -0.25) is 0 Å². The van der Waals surface area contributed by atoms with Gasteiger partial charge in [-0.1, -0.05) is 0 Å². The zero-order valence-corrected chi connectivity index (χ0v) is 11.7. The lowest BCUT2D eigenvalue weighted by Crippen LogP contribution is -2.42. The van der Waals surface area contributed by atoms with Crippen LogP contribution in [0, 0.1) is 0 Å². The van der Waals surface area contributed by atoms with Gasteiger partial charge in [0.2, 0.25) is 12.0 Å². The van der Waals surface area contributed by atoms with Crippen LogP contribution in [0.3, 0.4) is 0 Å². The van der Waals surface area contributed by atoms with Gasteiger partial charge in [0.05, 0.1) is 6.61 Å². The number of esters is 1. The molecule has 0 bridgehead atoms. The van der Waals surface area contributed by atoms with Gasteiger partial charge in [-0.2, -0.15) is 0 Å². The van der Waals surface area contributed by atoms with Crippen molar-refractivity contribution in [2.45, 2.75) is 52.0 Å². The van der Waals surface area contributed by atoms with Crippen molar-refractivity contribution >= 4 is 5.97 Å². The van der Waals surface area contributed by atoms with Gasteiger partial charge in [0.15, 0.2) is 11.9 Å². The average Bonchev–Trinajstić information content (AvgIpc) is 2.64. The number of hydrogen-bond donors (Lipinski definition) is 0. The van der Waals surface area contributed by atoms with Crippen LogP contribution >= 0.6 is 0 Å². The molecule has 0 aromatic carbocycles. The van der Waals surface area contributed by atoms with E-state index < -0.39 is 18.0 Å². The Hall–Kier alpha value is -1.11. The molecule has 0 saturated carbocycles. The highest BCUT2D eigenvalue weighted by Crippen LogP contribution is 2.36. The Labute approximate surface area is 112 Å². The van der Waals surface area contributed by atoms with Crippen LogP contribution in [0.4, 0.5) is 0 Å². The minimum atomic E-state index is -0.761. The zero-order valence-electron chi connectivity index (χ0n) is 11.7. The smallest absolute Gasteiger partial charge is 0.373 e. The first-order chi connectivity index (χ1) is 8.96. The van der Waals surface area contributed by atoms with Crippen molar-refractivity contribution in [2.75, 3.05) is 13.2 Å². The summed E-state index contributed by atoms with van der Waals surface area (Å²) in [5, 5.41) is 0. The molecule has 0 amide bonds. The SMILES string of the molecule is CCOC(=O)C1=C[C@H](OCC)[C@H]2OC(C)(C)O[C@H]2O1. The molecule has 1 saturated heterocycles. The van der Waals surface area contributed by atoms with Gasteiger partial charge in [-0.25, -0.2) is 4.79 Å². The molecule has 0 unspecified atom stereocenters. The lowest BCUT2D eigenvalue weighted by Gasteiger charge is -2.29. The topological polar surface area (TPSA) is 63.2 Å². The van der Waals surface area contributed by atoms with Crippen LogP contribution in [0.25, 0.3) is 0 Å².